The zero-order chi connectivity index (χ0) is 20.2. The van der Waals surface area contributed by atoms with Gasteiger partial charge in [-0.05, 0) is 37.6 Å². The molecule has 0 fully saturated rings. The van der Waals surface area contributed by atoms with Crippen molar-refractivity contribution < 1.29 is 27.5 Å². The average Bonchev–Trinajstić information content (AvgIpc) is 3.05. The van der Waals surface area contributed by atoms with Crippen LogP contribution in [0.25, 0.3) is 0 Å². The molecule has 0 radical (unpaired) electrons. The fraction of sp³-hybridized carbons (Fsp3) is 0.500. The van der Waals surface area contributed by atoms with Gasteiger partial charge in [-0.15, -0.1) is 0 Å². The first-order valence-electron chi connectivity index (χ1n) is 8.19. The van der Waals surface area contributed by atoms with E-state index in [0.29, 0.717) is 0 Å². The maximum Gasteiger partial charge on any atom is 0.431 e. The smallest absolute Gasteiger partial charge is 0.395 e. The summed E-state index contributed by atoms with van der Waals surface area (Å²) in [4.78, 5) is 12.4. The Hall–Kier alpha value is -2.24. The fourth-order valence-corrected chi connectivity index (χ4v) is 2.39. The number of carbonyl (C=O) groups is 1. The molecule has 0 aliphatic carbocycles. The Morgan fingerprint density at radius 3 is 2.70 bits per heavy atom. The van der Waals surface area contributed by atoms with Crippen molar-refractivity contribution in [1.29, 1.82) is 0 Å². The van der Waals surface area contributed by atoms with Gasteiger partial charge in [-0.3, -0.25) is 20.9 Å². The summed E-state index contributed by atoms with van der Waals surface area (Å²) in [5.41, 5.74) is 1.82. The van der Waals surface area contributed by atoms with E-state index in [1.54, 1.807) is 6.92 Å². The Bertz CT molecular complexity index is 711. The summed E-state index contributed by atoms with van der Waals surface area (Å²) in [6.45, 7) is 2.88. The second-order valence-corrected chi connectivity index (χ2v) is 6.23. The van der Waals surface area contributed by atoms with E-state index in [4.69, 9.17) is 0 Å². The molecule has 1 aliphatic rings. The molecule has 1 aromatic rings. The molecule has 27 heavy (non-hydrogen) atoms. The Labute approximate surface area is 153 Å². The van der Waals surface area contributed by atoms with Crippen LogP contribution >= 0.6 is 0 Å². The lowest BCUT2D eigenvalue weighted by atomic mass is 10.1. The summed E-state index contributed by atoms with van der Waals surface area (Å²) in [6, 6.07) is 3.35. The van der Waals surface area contributed by atoms with Gasteiger partial charge < -0.3 is 10.4 Å². The topological polar surface area (TPSA) is 97.8 Å². The third kappa shape index (κ3) is 5.88. The second-order valence-electron chi connectivity index (χ2n) is 6.23. The van der Waals surface area contributed by atoms with Crippen LogP contribution in [0.1, 0.15) is 29.3 Å². The standard InChI is InChI=1S/C16H21F4N5O2/c1-8-5-10(3-4-11(8)17)14(27)23-15(21-9(2)7-26)22-13-6-12(24-25-13)16(18,19)20/h3-5,9,13,15,21-22,25-26H,6-7H2,1-2H3,(H,23,27)/t9-,13?,15?/m1/s1. The Morgan fingerprint density at radius 1 is 1.44 bits per heavy atom. The zero-order valence-corrected chi connectivity index (χ0v) is 14.7. The quantitative estimate of drug-likeness (QED) is 0.352. The van der Waals surface area contributed by atoms with E-state index in [9.17, 15) is 27.5 Å². The summed E-state index contributed by atoms with van der Waals surface area (Å²) in [5, 5.41) is 20.6. The van der Waals surface area contributed by atoms with Gasteiger partial charge in [0, 0.05) is 18.0 Å². The van der Waals surface area contributed by atoms with Crippen molar-refractivity contribution in [1.82, 2.24) is 21.4 Å². The van der Waals surface area contributed by atoms with Gasteiger partial charge in [0.1, 0.15) is 24.0 Å². The number of nitrogens with zero attached hydrogens (tertiary/aromatic N) is 1. The molecular weight excluding hydrogens is 370 g/mol. The number of hydrazone groups is 1. The van der Waals surface area contributed by atoms with Crippen molar-refractivity contribution in [3.63, 3.8) is 0 Å². The molecule has 5 N–H and O–H groups in total. The monoisotopic (exact) mass is 391 g/mol. The van der Waals surface area contributed by atoms with Crippen LogP contribution in [0.3, 0.4) is 0 Å². The lowest BCUT2D eigenvalue weighted by molar-refractivity contribution is -0.0601. The molecular formula is C16H21F4N5O2. The Balaban J connectivity index is 2.04. The van der Waals surface area contributed by atoms with Crippen LogP contribution in [0.2, 0.25) is 0 Å². The molecule has 1 heterocycles. The van der Waals surface area contributed by atoms with Gasteiger partial charge in [0.05, 0.1) is 6.61 Å². The van der Waals surface area contributed by atoms with E-state index in [2.05, 4.69) is 26.5 Å². The third-order valence-corrected chi connectivity index (χ3v) is 3.87. The summed E-state index contributed by atoms with van der Waals surface area (Å²) in [7, 11) is 0. The molecule has 7 nitrogen and oxygen atoms in total. The first-order chi connectivity index (χ1) is 12.6. The van der Waals surface area contributed by atoms with Gasteiger partial charge in [0.2, 0.25) is 0 Å². The SMILES string of the molecule is Cc1cc(C(=O)NC(NC2CC(C(F)(F)F)=NN2)N[C@H](C)CO)ccc1F. The fourth-order valence-electron chi connectivity index (χ4n) is 2.39. The number of aryl methyl sites for hydroxylation is 1. The predicted octanol–water partition coefficient (Wildman–Crippen LogP) is 0.945. The number of hydrogen-bond donors (Lipinski definition) is 5. The zero-order valence-electron chi connectivity index (χ0n) is 14.7. The van der Waals surface area contributed by atoms with Gasteiger partial charge >= 0.3 is 6.18 Å². The Kier molecular flexibility index (Phi) is 6.73. The molecule has 2 rings (SSSR count). The highest BCUT2D eigenvalue weighted by Crippen LogP contribution is 2.22. The summed E-state index contributed by atoms with van der Waals surface area (Å²) in [5.74, 6) is -1.02. The van der Waals surface area contributed by atoms with Gasteiger partial charge in [0.15, 0.2) is 0 Å². The molecule has 1 aromatic carbocycles. The average molecular weight is 391 g/mol. The van der Waals surface area contributed by atoms with Crippen molar-refractivity contribution in [3.05, 3.63) is 35.1 Å². The summed E-state index contributed by atoms with van der Waals surface area (Å²) in [6.07, 6.45) is -6.81. The number of hydrogen-bond acceptors (Lipinski definition) is 6. The van der Waals surface area contributed by atoms with Crippen LogP contribution in [0.5, 0.6) is 0 Å². The van der Waals surface area contributed by atoms with Crippen LogP contribution in [0, 0.1) is 12.7 Å². The van der Waals surface area contributed by atoms with E-state index < -0.39 is 48.5 Å². The van der Waals surface area contributed by atoms with E-state index >= 15 is 0 Å². The van der Waals surface area contributed by atoms with Gasteiger partial charge in [0.25, 0.3) is 5.91 Å². The van der Waals surface area contributed by atoms with Crippen molar-refractivity contribution in [2.24, 2.45) is 5.10 Å². The van der Waals surface area contributed by atoms with Crippen molar-refractivity contribution in [2.45, 2.75) is 44.9 Å². The summed E-state index contributed by atoms with van der Waals surface area (Å²) < 4.78 is 51.4. The Morgan fingerprint density at radius 2 is 2.15 bits per heavy atom. The van der Waals surface area contributed by atoms with Crippen molar-refractivity contribution in [3.8, 4) is 0 Å². The van der Waals surface area contributed by atoms with E-state index in [1.165, 1.54) is 19.1 Å². The molecule has 0 saturated heterocycles. The summed E-state index contributed by atoms with van der Waals surface area (Å²) >= 11 is 0. The largest absolute Gasteiger partial charge is 0.431 e. The van der Waals surface area contributed by atoms with Gasteiger partial charge in [-0.2, -0.15) is 18.3 Å². The normalized spacial score (nSPS) is 19.2. The minimum Gasteiger partial charge on any atom is -0.395 e. The molecule has 0 saturated carbocycles. The number of alkyl halides is 3. The van der Waals surface area contributed by atoms with Crippen LogP contribution in [-0.4, -0.2) is 48.0 Å². The molecule has 11 heteroatoms. The number of nitrogens with one attached hydrogen (secondary N) is 4. The molecule has 0 bridgehead atoms. The predicted molar refractivity (Wildman–Crippen MR) is 90.2 cm³/mol. The number of aliphatic hydroxyl groups is 1. The lowest BCUT2D eigenvalue weighted by Crippen LogP contribution is -2.61. The number of halogens is 4. The van der Waals surface area contributed by atoms with Crippen LogP contribution in [0.15, 0.2) is 23.3 Å². The highest BCUT2D eigenvalue weighted by Gasteiger charge is 2.40. The van der Waals surface area contributed by atoms with E-state index in [-0.39, 0.29) is 17.7 Å². The van der Waals surface area contributed by atoms with Crippen LogP contribution < -0.4 is 21.4 Å². The lowest BCUT2D eigenvalue weighted by Gasteiger charge is -2.27. The minimum absolute atomic E-state index is 0.186. The number of rotatable bonds is 7. The second kappa shape index (κ2) is 8.63. The van der Waals surface area contributed by atoms with E-state index in [1.807, 2.05) is 0 Å². The first-order valence-corrected chi connectivity index (χ1v) is 8.19. The number of carbonyl (C=O) groups excluding carboxylic acids is 1. The van der Waals surface area contributed by atoms with Crippen molar-refractivity contribution >= 4 is 11.6 Å². The maximum atomic E-state index is 13.3. The number of benzene rings is 1. The highest BCUT2D eigenvalue weighted by atomic mass is 19.4. The number of aliphatic hydroxyl groups excluding tert-OH is 1. The van der Waals surface area contributed by atoms with Crippen molar-refractivity contribution in [2.75, 3.05) is 6.61 Å². The first kappa shape index (κ1) is 21.1. The highest BCUT2D eigenvalue weighted by molar-refractivity contribution is 5.94. The number of amides is 1. The minimum atomic E-state index is -4.54. The molecule has 1 amide bonds. The maximum absolute atomic E-state index is 13.3. The van der Waals surface area contributed by atoms with Gasteiger partial charge in [-0.1, -0.05) is 0 Å². The van der Waals surface area contributed by atoms with E-state index in [0.717, 1.165) is 6.07 Å². The molecule has 3 atom stereocenters. The molecule has 0 aromatic heterocycles. The molecule has 150 valence electrons. The third-order valence-electron chi connectivity index (χ3n) is 3.87. The molecule has 2 unspecified atom stereocenters. The van der Waals surface area contributed by atoms with Crippen LogP contribution in [0.4, 0.5) is 17.6 Å². The van der Waals surface area contributed by atoms with Gasteiger partial charge in [-0.25, -0.2) is 4.39 Å². The molecule has 1 aliphatic heterocycles. The van der Waals surface area contributed by atoms with Crippen LogP contribution in [-0.2, 0) is 0 Å². The molecule has 0 spiro atoms.